The average Bonchev–Trinajstić information content (AvgIpc) is 3.95. The molecule has 1 N–H and O–H groups in total. The standard InChI is InChI=1S/C39H47F3N6O6S/c1-24(2)48-33-30(21-43-23-44-33)45-36(48)54-29-18-31-32(49)20-38(35(51)46-55(52,53)37(3)15-16-37)19-28(38)10-8-6-4-5-7-9-26(34(50)47(31)22-29)17-25-11-13-27(14-12-25)39(40,41)42/h8,10-14,21,23-24,26,28-29,31H,4-7,9,15-20,22H2,1-3H3,(H,46,51)/b10-8-/t26-,28+,29-,31+,38-/m1/s1. The summed E-state index contributed by atoms with van der Waals surface area (Å²) in [5.74, 6) is -2.40. The van der Waals surface area contributed by atoms with Gasteiger partial charge in [0.05, 0.1) is 34.5 Å². The number of nitrogens with zero attached hydrogens (tertiary/aromatic N) is 5. The third-order valence-corrected chi connectivity index (χ3v) is 14.0. The van der Waals surface area contributed by atoms with Crippen LogP contribution in [0.4, 0.5) is 13.2 Å². The van der Waals surface area contributed by atoms with Crippen molar-refractivity contribution in [2.75, 3.05) is 6.54 Å². The van der Waals surface area contributed by atoms with E-state index in [1.54, 1.807) is 13.1 Å². The summed E-state index contributed by atoms with van der Waals surface area (Å²) in [5, 5.41) is 0. The lowest BCUT2D eigenvalue weighted by molar-refractivity contribution is -0.142. The number of ether oxygens (including phenoxy) is 1. The van der Waals surface area contributed by atoms with Gasteiger partial charge >= 0.3 is 6.18 Å². The number of ketones is 1. The van der Waals surface area contributed by atoms with Crippen LogP contribution in [0.2, 0.25) is 0 Å². The number of benzene rings is 1. The molecule has 2 aromatic heterocycles. The van der Waals surface area contributed by atoms with Crippen molar-refractivity contribution >= 4 is 38.8 Å². The van der Waals surface area contributed by atoms with Crippen LogP contribution in [0.1, 0.15) is 102 Å². The number of allylic oxidation sites excluding steroid dienone is 2. The fraction of sp³-hybridized carbons (Fsp3) is 0.590. The first-order valence-electron chi connectivity index (χ1n) is 19.1. The van der Waals surface area contributed by atoms with Crippen molar-refractivity contribution in [2.45, 2.75) is 121 Å². The van der Waals surface area contributed by atoms with Crippen LogP contribution in [0.3, 0.4) is 0 Å². The third kappa shape index (κ3) is 7.88. The van der Waals surface area contributed by atoms with E-state index in [0.717, 1.165) is 25.0 Å². The lowest BCUT2D eigenvalue weighted by Gasteiger charge is -2.29. The van der Waals surface area contributed by atoms with E-state index in [9.17, 15) is 36.0 Å². The molecule has 3 fully saturated rings. The quantitative estimate of drug-likeness (QED) is 0.267. The van der Waals surface area contributed by atoms with E-state index in [-0.39, 0.29) is 55.5 Å². The minimum absolute atomic E-state index is 0.0288. The second kappa shape index (κ2) is 14.6. The monoisotopic (exact) mass is 784 g/mol. The van der Waals surface area contributed by atoms with Crippen molar-refractivity contribution < 1.29 is 40.7 Å². The van der Waals surface area contributed by atoms with Crippen LogP contribution in [0.25, 0.3) is 11.2 Å². The number of alkyl halides is 3. The van der Waals surface area contributed by atoms with Gasteiger partial charge in [-0.1, -0.05) is 37.1 Å². The van der Waals surface area contributed by atoms with E-state index in [1.807, 2.05) is 30.6 Å². The largest absolute Gasteiger partial charge is 0.459 e. The summed E-state index contributed by atoms with van der Waals surface area (Å²) >= 11 is 0. The lowest BCUT2D eigenvalue weighted by Crippen LogP contribution is -2.47. The van der Waals surface area contributed by atoms with Crippen LogP contribution in [0.15, 0.2) is 48.9 Å². The van der Waals surface area contributed by atoms with Crippen LogP contribution < -0.4 is 9.46 Å². The molecule has 0 bridgehead atoms. The summed E-state index contributed by atoms with van der Waals surface area (Å²) in [7, 11) is -3.97. The minimum atomic E-state index is -4.50. The highest BCUT2D eigenvalue weighted by atomic mass is 32.2. The van der Waals surface area contributed by atoms with Crippen molar-refractivity contribution in [3.63, 3.8) is 0 Å². The van der Waals surface area contributed by atoms with Crippen molar-refractivity contribution in [3.8, 4) is 6.01 Å². The van der Waals surface area contributed by atoms with Crippen molar-refractivity contribution in [3.05, 3.63) is 60.1 Å². The predicted molar refractivity (Wildman–Crippen MR) is 196 cm³/mol. The van der Waals surface area contributed by atoms with E-state index in [0.29, 0.717) is 55.3 Å². The number of fused-ring (bicyclic) bond motifs is 3. The van der Waals surface area contributed by atoms with Gasteiger partial charge in [0.25, 0.3) is 6.01 Å². The number of hydrogen-bond donors (Lipinski definition) is 1. The molecule has 55 heavy (non-hydrogen) atoms. The van der Waals surface area contributed by atoms with Crippen LogP contribution in [-0.4, -0.2) is 73.9 Å². The van der Waals surface area contributed by atoms with Gasteiger partial charge in [0.2, 0.25) is 21.8 Å². The number of amides is 2. The molecule has 4 aliphatic rings. The molecule has 1 saturated heterocycles. The zero-order valence-corrected chi connectivity index (χ0v) is 32.0. The number of hydrogen-bond acceptors (Lipinski definition) is 9. The normalized spacial score (nSPS) is 27.9. The average molecular weight is 785 g/mol. The fourth-order valence-corrected chi connectivity index (χ4v) is 9.39. The van der Waals surface area contributed by atoms with Crippen LogP contribution >= 0.6 is 0 Å². The molecule has 0 radical (unpaired) electrons. The highest BCUT2D eigenvalue weighted by Gasteiger charge is 2.62. The topological polar surface area (TPSA) is 153 Å². The second-order valence-corrected chi connectivity index (χ2v) is 18.4. The highest BCUT2D eigenvalue weighted by molar-refractivity contribution is 7.91. The first-order chi connectivity index (χ1) is 26.0. The van der Waals surface area contributed by atoms with Crippen molar-refractivity contribution in [1.29, 1.82) is 0 Å². The molecule has 5 atom stereocenters. The maximum absolute atomic E-state index is 14.7. The molecule has 7 rings (SSSR count). The molecule has 296 valence electrons. The van der Waals surface area contributed by atoms with Gasteiger partial charge in [-0.3, -0.25) is 23.7 Å². The number of carbonyl (C=O) groups excluding carboxylic acids is 3. The summed E-state index contributed by atoms with van der Waals surface area (Å²) in [4.78, 5) is 57.7. The number of nitrogens with one attached hydrogen (secondary N) is 1. The van der Waals surface area contributed by atoms with Gasteiger partial charge in [-0.25, -0.2) is 18.4 Å². The van der Waals surface area contributed by atoms with Crippen LogP contribution in [0, 0.1) is 17.3 Å². The molecule has 12 nitrogen and oxygen atoms in total. The van der Waals surface area contributed by atoms with E-state index in [2.05, 4.69) is 19.7 Å². The maximum Gasteiger partial charge on any atom is 0.416 e. The zero-order valence-electron chi connectivity index (χ0n) is 31.2. The summed E-state index contributed by atoms with van der Waals surface area (Å²) in [6.45, 7) is 5.52. The summed E-state index contributed by atoms with van der Waals surface area (Å²) in [6.07, 6.45) is 6.30. The molecule has 2 saturated carbocycles. The first-order valence-corrected chi connectivity index (χ1v) is 20.6. The summed E-state index contributed by atoms with van der Waals surface area (Å²) in [5.41, 5.74) is -0.428. The van der Waals surface area contributed by atoms with Gasteiger partial charge in [-0.15, -0.1) is 0 Å². The minimum Gasteiger partial charge on any atom is -0.459 e. The van der Waals surface area contributed by atoms with E-state index < -0.39 is 55.9 Å². The van der Waals surface area contributed by atoms with Gasteiger partial charge in [-0.2, -0.15) is 18.2 Å². The number of carbonyl (C=O) groups is 3. The Morgan fingerprint density at radius 1 is 1.11 bits per heavy atom. The number of sulfonamides is 1. The lowest BCUT2D eigenvalue weighted by atomic mass is 9.90. The Morgan fingerprint density at radius 3 is 2.55 bits per heavy atom. The Balaban J connectivity index is 1.21. The molecular formula is C39H47F3N6O6S. The molecular weight excluding hydrogens is 738 g/mol. The van der Waals surface area contributed by atoms with Gasteiger partial charge in [-0.05, 0) is 89.3 Å². The van der Waals surface area contributed by atoms with Gasteiger partial charge < -0.3 is 9.64 Å². The number of rotatable bonds is 8. The molecule has 2 amide bonds. The summed E-state index contributed by atoms with van der Waals surface area (Å²) < 4.78 is 76.0. The summed E-state index contributed by atoms with van der Waals surface area (Å²) in [6, 6.07) is 3.95. The van der Waals surface area contributed by atoms with Crippen molar-refractivity contribution in [1.82, 2.24) is 29.1 Å². The van der Waals surface area contributed by atoms with Gasteiger partial charge in [0.15, 0.2) is 11.4 Å². The molecule has 1 aromatic carbocycles. The zero-order chi connectivity index (χ0) is 39.3. The molecule has 16 heteroatoms. The molecule has 2 aliphatic carbocycles. The van der Waals surface area contributed by atoms with E-state index >= 15 is 0 Å². The van der Waals surface area contributed by atoms with E-state index in [1.165, 1.54) is 23.4 Å². The number of Topliss-reactive ketones (excluding diaryl/α,β-unsaturated/α-hetero) is 1. The Morgan fingerprint density at radius 2 is 1.85 bits per heavy atom. The molecule has 0 spiro atoms. The van der Waals surface area contributed by atoms with Crippen LogP contribution in [0.5, 0.6) is 6.01 Å². The Bertz CT molecular complexity index is 2100. The van der Waals surface area contributed by atoms with Crippen molar-refractivity contribution in [2.24, 2.45) is 17.3 Å². The van der Waals surface area contributed by atoms with Crippen LogP contribution in [-0.2, 0) is 37.0 Å². The predicted octanol–water partition coefficient (Wildman–Crippen LogP) is 6.12. The molecule has 2 aliphatic heterocycles. The first kappa shape index (κ1) is 38.9. The SMILES string of the molecule is CC(C)n1c(O[C@@H]2C[C@H]3C(=O)C[C@]4(C(=O)NS(=O)(=O)C5(C)CC5)C[C@@H]4/C=C\CCCCC[C@H](Cc4ccc(C(F)(F)F)cc4)C(=O)N3C2)nc2cncnc21. The molecule has 3 aromatic rings. The number of halogens is 3. The Kier molecular flexibility index (Phi) is 10.3. The van der Waals surface area contributed by atoms with Gasteiger partial charge in [0, 0.05) is 24.8 Å². The molecule has 4 heterocycles. The Hall–Kier alpha value is -4.34. The number of imidazole rings is 1. The third-order valence-electron chi connectivity index (χ3n) is 11.8. The Labute approximate surface area is 318 Å². The highest BCUT2D eigenvalue weighted by Crippen LogP contribution is 2.57. The fourth-order valence-electron chi connectivity index (χ4n) is 8.06. The number of aromatic nitrogens is 4. The second-order valence-electron chi connectivity index (χ2n) is 16.2. The van der Waals surface area contributed by atoms with E-state index in [4.69, 9.17) is 4.74 Å². The molecule has 0 unspecified atom stereocenters. The maximum atomic E-state index is 14.7. The van der Waals surface area contributed by atoms with Gasteiger partial charge in [0.1, 0.15) is 17.9 Å². The smallest absolute Gasteiger partial charge is 0.416 e.